The number of aromatic nitrogens is 2. The second-order valence-electron chi connectivity index (χ2n) is 6.09. The van der Waals surface area contributed by atoms with E-state index in [0.717, 1.165) is 24.3 Å². The fourth-order valence-corrected chi connectivity index (χ4v) is 3.38. The summed E-state index contributed by atoms with van der Waals surface area (Å²) >= 11 is 0. The molecule has 1 heterocycles. The van der Waals surface area contributed by atoms with Crippen LogP contribution in [0.3, 0.4) is 0 Å². The lowest BCUT2D eigenvalue weighted by Gasteiger charge is -2.10. The maximum absolute atomic E-state index is 12.5. The molecule has 1 amide bonds. The van der Waals surface area contributed by atoms with Crippen LogP contribution in [0.15, 0.2) is 71.9 Å². The average Bonchev–Trinajstić information content (AvgIpc) is 2.73. The lowest BCUT2D eigenvalue weighted by molar-refractivity contribution is -0.123. The lowest BCUT2D eigenvalue weighted by Crippen LogP contribution is -2.33. The number of halogens is 3. The quantitative estimate of drug-likeness (QED) is 0.569. The third-order valence-corrected chi connectivity index (χ3v) is 5.13. The van der Waals surface area contributed by atoms with Gasteiger partial charge in [-0.1, -0.05) is 0 Å². The van der Waals surface area contributed by atoms with Gasteiger partial charge in [0.15, 0.2) is 0 Å². The number of ether oxygens (including phenoxy) is 1. The number of sulfonamides is 1. The Labute approximate surface area is 175 Å². The fraction of sp³-hybridized carbons (Fsp3) is 0.105. The maximum atomic E-state index is 12.5. The lowest BCUT2D eigenvalue weighted by atomic mass is 10.2. The van der Waals surface area contributed by atoms with Gasteiger partial charge in [-0.2, -0.15) is 13.2 Å². The van der Waals surface area contributed by atoms with Crippen LogP contribution in [0.25, 0.3) is 0 Å². The number of carbonyl (C=O) groups is 1. The molecule has 162 valence electrons. The van der Waals surface area contributed by atoms with E-state index in [-0.39, 0.29) is 22.2 Å². The Kier molecular flexibility index (Phi) is 6.39. The smallest absolute Gasteiger partial charge is 0.405 e. The molecule has 0 fully saturated rings. The van der Waals surface area contributed by atoms with E-state index in [4.69, 9.17) is 4.74 Å². The molecular formula is C19H15F3N4O4S. The Morgan fingerprint density at radius 3 is 2.16 bits per heavy atom. The van der Waals surface area contributed by atoms with Gasteiger partial charge in [-0.15, -0.1) is 0 Å². The number of nitrogens with one attached hydrogen (secondary N) is 2. The van der Waals surface area contributed by atoms with E-state index in [2.05, 4.69) is 14.7 Å². The molecule has 8 nitrogen and oxygen atoms in total. The van der Waals surface area contributed by atoms with E-state index in [9.17, 15) is 26.4 Å². The molecule has 2 aromatic carbocycles. The van der Waals surface area contributed by atoms with Crippen molar-refractivity contribution in [1.82, 2.24) is 15.3 Å². The molecule has 31 heavy (non-hydrogen) atoms. The molecular weight excluding hydrogens is 437 g/mol. The van der Waals surface area contributed by atoms with E-state index in [0.29, 0.717) is 5.75 Å². The molecule has 3 aromatic rings. The number of rotatable bonds is 7. The van der Waals surface area contributed by atoms with Crippen LogP contribution < -0.4 is 14.8 Å². The zero-order valence-corrected chi connectivity index (χ0v) is 16.4. The van der Waals surface area contributed by atoms with Gasteiger partial charge in [0.25, 0.3) is 15.9 Å². The van der Waals surface area contributed by atoms with Crippen molar-refractivity contribution in [3.05, 3.63) is 72.6 Å². The number of carbonyl (C=O) groups excluding carboxylic acids is 1. The topological polar surface area (TPSA) is 110 Å². The van der Waals surface area contributed by atoms with Gasteiger partial charge in [0.1, 0.15) is 12.3 Å². The molecule has 0 bridgehead atoms. The van der Waals surface area contributed by atoms with Gasteiger partial charge >= 0.3 is 12.2 Å². The van der Waals surface area contributed by atoms with Crippen LogP contribution in [-0.2, 0) is 10.0 Å². The van der Waals surface area contributed by atoms with Crippen molar-refractivity contribution in [2.24, 2.45) is 0 Å². The van der Waals surface area contributed by atoms with Gasteiger partial charge in [-0.3, -0.25) is 9.52 Å². The van der Waals surface area contributed by atoms with Crippen molar-refractivity contribution >= 4 is 21.6 Å². The SMILES string of the molecule is O=C(NCC(F)(F)F)c1ccc(S(=O)(=O)Nc2ccc(Oc3ncccn3)cc2)cc1. The first-order valence-corrected chi connectivity index (χ1v) is 10.1. The van der Waals surface area contributed by atoms with E-state index in [1.807, 2.05) is 0 Å². The minimum Gasteiger partial charge on any atom is -0.424 e. The summed E-state index contributed by atoms with van der Waals surface area (Å²) < 4.78 is 69.3. The standard InChI is InChI=1S/C19H15F3N4O4S/c20-19(21,22)12-25-17(27)13-2-8-16(9-3-13)31(28,29)26-14-4-6-15(7-5-14)30-18-23-10-1-11-24-18/h1-11,26H,12H2,(H,25,27). The highest BCUT2D eigenvalue weighted by Gasteiger charge is 2.28. The normalized spacial score (nSPS) is 11.6. The minimum absolute atomic E-state index is 0.104. The first kappa shape index (κ1) is 22.0. The molecule has 0 aliphatic rings. The summed E-state index contributed by atoms with van der Waals surface area (Å²) in [6, 6.07) is 12.2. The Hall–Kier alpha value is -3.67. The van der Waals surface area contributed by atoms with Crippen molar-refractivity contribution in [2.45, 2.75) is 11.1 Å². The average molecular weight is 452 g/mol. The summed E-state index contributed by atoms with van der Waals surface area (Å²) in [5, 5.41) is 1.71. The van der Waals surface area contributed by atoms with Crippen molar-refractivity contribution in [1.29, 1.82) is 0 Å². The highest BCUT2D eigenvalue weighted by molar-refractivity contribution is 7.92. The fourth-order valence-electron chi connectivity index (χ4n) is 2.32. The second kappa shape index (κ2) is 9.00. The molecule has 0 atom stereocenters. The number of hydrogen-bond acceptors (Lipinski definition) is 6. The first-order chi connectivity index (χ1) is 14.6. The van der Waals surface area contributed by atoms with Crippen molar-refractivity contribution in [3.63, 3.8) is 0 Å². The Morgan fingerprint density at radius 2 is 1.58 bits per heavy atom. The van der Waals surface area contributed by atoms with Gasteiger partial charge in [-0.05, 0) is 54.6 Å². The van der Waals surface area contributed by atoms with E-state index >= 15 is 0 Å². The number of benzene rings is 2. The molecule has 0 radical (unpaired) electrons. The highest BCUT2D eigenvalue weighted by atomic mass is 32.2. The molecule has 0 aliphatic carbocycles. The number of amides is 1. The Morgan fingerprint density at radius 1 is 0.968 bits per heavy atom. The van der Waals surface area contributed by atoms with Gasteiger partial charge in [0.2, 0.25) is 0 Å². The van der Waals surface area contributed by atoms with Crippen LogP contribution in [0.4, 0.5) is 18.9 Å². The van der Waals surface area contributed by atoms with Crippen molar-refractivity contribution < 1.29 is 31.1 Å². The largest absolute Gasteiger partial charge is 0.424 e. The van der Waals surface area contributed by atoms with Crippen LogP contribution in [0, 0.1) is 0 Å². The molecule has 0 unspecified atom stereocenters. The van der Waals surface area contributed by atoms with Crippen LogP contribution in [-0.4, -0.2) is 37.0 Å². The number of anilines is 1. The van der Waals surface area contributed by atoms with Gasteiger partial charge < -0.3 is 10.1 Å². The summed E-state index contributed by atoms with van der Waals surface area (Å²) in [7, 11) is -3.99. The van der Waals surface area contributed by atoms with Crippen LogP contribution >= 0.6 is 0 Å². The van der Waals surface area contributed by atoms with Crippen molar-refractivity contribution in [3.8, 4) is 11.8 Å². The number of nitrogens with zero attached hydrogens (tertiary/aromatic N) is 2. The molecule has 2 N–H and O–H groups in total. The zero-order valence-electron chi connectivity index (χ0n) is 15.6. The third kappa shape index (κ3) is 6.40. The van der Waals surface area contributed by atoms with Crippen LogP contribution in [0.2, 0.25) is 0 Å². The summed E-state index contributed by atoms with van der Waals surface area (Å²) in [5.41, 5.74) is 0.140. The summed E-state index contributed by atoms with van der Waals surface area (Å²) in [4.78, 5) is 19.4. The monoisotopic (exact) mass is 452 g/mol. The van der Waals surface area contributed by atoms with Gasteiger partial charge in [-0.25, -0.2) is 18.4 Å². The van der Waals surface area contributed by atoms with Gasteiger partial charge in [0.05, 0.1) is 4.90 Å². The van der Waals surface area contributed by atoms with E-state index in [1.54, 1.807) is 11.4 Å². The predicted octanol–water partition coefficient (Wildman–Crippen LogP) is 3.36. The third-order valence-electron chi connectivity index (χ3n) is 3.73. The Balaban J connectivity index is 1.64. The minimum atomic E-state index is -4.54. The number of hydrogen-bond donors (Lipinski definition) is 2. The summed E-state index contributed by atoms with van der Waals surface area (Å²) in [5.74, 6) is -0.574. The highest BCUT2D eigenvalue weighted by Crippen LogP contribution is 2.22. The summed E-state index contributed by atoms with van der Waals surface area (Å²) in [6.07, 6.45) is -1.52. The number of alkyl halides is 3. The second-order valence-corrected chi connectivity index (χ2v) is 7.77. The Bertz CT molecular complexity index is 1140. The van der Waals surface area contributed by atoms with E-state index < -0.39 is 28.7 Å². The zero-order chi connectivity index (χ0) is 22.5. The molecule has 3 rings (SSSR count). The predicted molar refractivity (Wildman–Crippen MR) is 104 cm³/mol. The molecule has 0 saturated carbocycles. The van der Waals surface area contributed by atoms with E-state index in [1.165, 1.54) is 36.7 Å². The maximum Gasteiger partial charge on any atom is 0.405 e. The first-order valence-electron chi connectivity index (χ1n) is 8.65. The molecule has 0 spiro atoms. The molecule has 0 aliphatic heterocycles. The summed E-state index contributed by atoms with van der Waals surface area (Å²) in [6.45, 7) is -1.48. The molecule has 12 heteroatoms. The van der Waals surface area contributed by atoms with Crippen molar-refractivity contribution in [2.75, 3.05) is 11.3 Å². The molecule has 1 aromatic heterocycles. The molecule has 0 saturated heterocycles. The van der Waals surface area contributed by atoms with Crippen LogP contribution in [0.5, 0.6) is 11.8 Å². The van der Waals surface area contributed by atoms with Crippen LogP contribution in [0.1, 0.15) is 10.4 Å². The van der Waals surface area contributed by atoms with Gasteiger partial charge in [0, 0.05) is 23.6 Å².